The second-order valence-corrected chi connectivity index (χ2v) is 5.86. The predicted octanol–water partition coefficient (Wildman–Crippen LogP) is 3.17. The SMILES string of the molecule is C[C@H](c1ccc(-n2cncn2)cc1)N(C)C(=O)NCc1ccccc1. The zero-order chi connectivity index (χ0) is 17.6. The number of nitrogens with zero attached hydrogens (tertiary/aromatic N) is 4. The Labute approximate surface area is 147 Å². The number of carbonyl (C=O) groups excluding carboxylic acids is 1. The van der Waals surface area contributed by atoms with Gasteiger partial charge in [0.15, 0.2) is 0 Å². The van der Waals surface area contributed by atoms with Crippen LogP contribution in [0, 0.1) is 0 Å². The minimum atomic E-state index is -0.100. The monoisotopic (exact) mass is 335 g/mol. The molecule has 1 N–H and O–H groups in total. The fraction of sp³-hybridized carbons (Fsp3) is 0.211. The lowest BCUT2D eigenvalue weighted by Crippen LogP contribution is -2.38. The first-order valence-corrected chi connectivity index (χ1v) is 8.14. The smallest absolute Gasteiger partial charge is 0.317 e. The Morgan fingerprint density at radius 2 is 1.88 bits per heavy atom. The minimum absolute atomic E-state index is 0.0411. The number of hydrogen-bond donors (Lipinski definition) is 1. The molecule has 0 saturated carbocycles. The molecule has 3 aromatic rings. The van der Waals surface area contributed by atoms with Crippen molar-refractivity contribution in [2.24, 2.45) is 0 Å². The number of benzene rings is 2. The van der Waals surface area contributed by atoms with Crippen LogP contribution in [-0.4, -0.2) is 32.7 Å². The van der Waals surface area contributed by atoms with Crippen molar-refractivity contribution < 1.29 is 4.79 Å². The van der Waals surface area contributed by atoms with Crippen LogP contribution in [0.15, 0.2) is 67.3 Å². The van der Waals surface area contributed by atoms with Crippen LogP contribution in [0.3, 0.4) is 0 Å². The van der Waals surface area contributed by atoms with Crippen LogP contribution < -0.4 is 5.32 Å². The largest absolute Gasteiger partial charge is 0.334 e. The van der Waals surface area contributed by atoms with Crippen molar-refractivity contribution in [2.45, 2.75) is 19.5 Å². The van der Waals surface area contributed by atoms with Crippen molar-refractivity contribution in [3.8, 4) is 5.69 Å². The maximum absolute atomic E-state index is 12.4. The van der Waals surface area contributed by atoms with Gasteiger partial charge in [-0.1, -0.05) is 42.5 Å². The van der Waals surface area contributed by atoms with Crippen LogP contribution in [0.2, 0.25) is 0 Å². The van der Waals surface area contributed by atoms with E-state index in [0.717, 1.165) is 16.8 Å². The summed E-state index contributed by atoms with van der Waals surface area (Å²) in [6.45, 7) is 2.52. The van der Waals surface area contributed by atoms with Crippen molar-refractivity contribution in [3.63, 3.8) is 0 Å². The molecule has 0 saturated heterocycles. The van der Waals surface area contributed by atoms with Crippen LogP contribution in [0.25, 0.3) is 5.69 Å². The second-order valence-electron chi connectivity index (χ2n) is 5.86. The standard InChI is InChI=1S/C19H21N5O/c1-15(17-8-10-18(11-9-17)24-14-20-13-22-24)23(2)19(25)21-12-16-6-4-3-5-7-16/h3-11,13-15H,12H2,1-2H3,(H,21,25)/t15-/m1/s1. The van der Waals surface area contributed by atoms with Gasteiger partial charge in [-0.15, -0.1) is 0 Å². The zero-order valence-corrected chi connectivity index (χ0v) is 14.3. The highest BCUT2D eigenvalue weighted by atomic mass is 16.2. The van der Waals surface area contributed by atoms with Crippen LogP contribution in [0.1, 0.15) is 24.1 Å². The van der Waals surface area contributed by atoms with Crippen LogP contribution in [-0.2, 0) is 6.54 Å². The van der Waals surface area contributed by atoms with Gasteiger partial charge in [0.1, 0.15) is 12.7 Å². The van der Waals surface area contributed by atoms with E-state index in [2.05, 4.69) is 15.4 Å². The van der Waals surface area contributed by atoms with Gasteiger partial charge in [0.25, 0.3) is 0 Å². The first-order chi connectivity index (χ1) is 12.1. The van der Waals surface area contributed by atoms with Gasteiger partial charge >= 0.3 is 6.03 Å². The van der Waals surface area contributed by atoms with Gasteiger partial charge in [-0.3, -0.25) is 0 Å². The lowest BCUT2D eigenvalue weighted by atomic mass is 10.1. The molecule has 0 aliphatic rings. The molecular formula is C19H21N5O. The highest BCUT2D eigenvalue weighted by Gasteiger charge is 2.17. The van der Waals surface area contributed by atoms with Crippen LogP contribution in [0.4, 0.5) is 4.79 Å². The van der Waals surface area contributed by atoms with E-state index in [0.29, 0.717) is 6.54 Å². The normalized spacial score (nSPS) is 11.8. The molecule has 0 aliphatic carbocycles. The lowest BCUT2D eigenvalue weighted by molar-refractivity contribution is 0.194. The summed E-state index contributed by atoms with van der Waals surface area (Å²) in [5.41, 5.74) is 3.07. The molecule has 1 atom stereocenters. The molecule has 2 aromatic carbocycles. The first kappa shape index (κ1) is 16.7. The fourth-order valence-corrected chi connectivity index (χ4v) is 2.54. The average Bonchev–Trinajstić information content (AvgIpc) is 3.20. The Balaban J connectivity index is 1.61. The molecule has 0 unspecified atom stereocenters. The molecule has 25 heavy (non-hydrogen) atoms. The van der Waals surface area contributed by atoms with E-state index in [9.17, 15) is 4.79 Å². The summed E-state index contributed by atoms with van der Waals surface area (Å²) in [6.07, 6.45) is 3.16. The third kappa shape index (κ3) is 4.03. The molecule has 0 spiro atoms. The van der Waals surface area contributed by atoms with Gasteiger partial charge in [-0.2, -0.15) is 5.10 Å². The zero-order valence-electron chi connectivity index (χ0n) is 14.3. The number of aromatic nitrogens is 3. The molecule has 6 heteroatoms. The predicted molar refractivity (Wildman–Crippen MR) is 96.2 cm³/mol. The van der Waals surface area contributed by atoms with Gasteiger partial charge in [0.2, 0.25) is 0 Å². The third-order valence-corrected chi connectivity index (χ3v) is 4.25. The quantitative estimate of drug-likeness (QED) is 0.779. The number of nitrogens with one attached hydrogen (secondary N) is 1. The van der Waals surface area contributed by atoms with Gasteiger partial charge in [-0.25, -0.2) is 14.5 Å². The molecule has 0 bridgehead atoms. The van der Waals surface area contributed by atoms with E-state index >= 15 is 0 Å². The van der Waals surface area contributed by atoms with Crippen LogP contribution >= 0.6 is 0 Å². The maximum atomic E-state index is 12.4. The van der Waals surface area contributed by atoms with Gasteiger partial charge in [-0.05, 0) is 30.2 Å². The van der Waals surface area contributed by atoms with Gasteiger partial charge < -0.3 is 10.2 Å². The Morgan fingerprint density at radius 3 is 2.52 bits per heavy atom. The van der Waals surface area contributed by atoms with E-state index in [1.54, 1.807) is 23.0 Å². The molecule has 0 aliphatic heterocycles. The summed E-state index contributed by atoms with van der Waals surface area (Å²) in [4.78, 5) is 18.0. The summed E-state index contributed by atoms with van der Waals surface area (Å²) in [7, 11) is 1.80. The summed E-state index contributed by atoms with van der Waals surface area (Å²) in [6, 6.07) is 17.7. The van der Waals surface area contributed by atoms with E-state index < -0.39 is 0 Å². The molecule has 1 heterocycles. The molecule has 6 nitrogen and oxygen atoms in total. The van der Waals surface area contributed by atoms with E-state index in [4.69, 9.17) is 0 Å². The Morgan fingerprint density at radius 1 is 1.16 bits per heavy atom. The van der Waals surface area contributed by atoms with Crippen molar-refractivity contribution in [3.05, 3.63) is 78.4 Å². The van der Waals surface area contributed by atoms with Crippen molar-refractivity contribution in [2.75, 3.05) is 7.05 Å². The lowest BCUT2D eigenvalue weighted by Gasteiger charge is -2.25. The van der Waals surface area contributed by atoms with E-state index in [1.807, 2.05) is 61.5 Å². The number of amides is 2. The number of rotatable bonds is 5. The van der Waals surface area contributed by atoms with Crippen molar-refractivity contribution >= 4 is 6.03 Å². The summed E-state index contributed by atoms with van der Waals surface area (Å²) >= 11 is 0. The molecule has 2 amide bonds. The van der Waals surface area contributed by atoms with Gasteiger partial charge in [0, 0.05) is 13.6 Å². The molecule has 0 fully saturated rings. The third-order valence-electron chi connectivity index (χ3n) is 4.25. The minimum Gasteiger partial charge on any atom is -0.334 e. The number of hydrogen-bond acceptors (Lipinski definition) is 3. The molecular weight excluding hydrogens is 314 g/mol. The number of urea groups is 1. The first-order valence-electron chi connectivity index (χ1n) is 8.14. The summed E-state index contributed by atoms with van der Waals surface area (Å²) in [5, 5.41) is 7.06. The van der Waals surface area contributed by atoms with Crippen molar-refractivity contribution in [1.29, 1.82) is 0 Å². The molecule has 1 aromatic heterocycles. The second kappa shape index (κ2) is 7.61. The average molecular weight is 335 g/mol. The van der Waals surface area contributed by atoms with Gasteiger partial charge in [0.05, 0.1) is 11.7 Å². The maximum Gasteiger partial charge on any atom is 0.317 e. The Bertz CT molecular complexity index is 800. The fourth-order valence-electron chi connectivity index (χ4n) is 2.54. The Hall–Kier alpha value is -3.15. The number of carbonyl (C=O) groups is 1. The molecule has 3 rings (SSSR count). The highest BCUT2D eigenvalue weighted by Crippen LogP contribution is 2.20. The van der Waals surface area contributed by atoms with Crippen molar-refractivity contribution in [1.82, 2.24) is 25.0 Å². The molecule has 0 radical (unpaired) electrons. The van der Waals surface area contributed by atoms with E-state index in [-0.39, 0.29) is 12.1 Å². The molecule has 128 valence electrons. The topological polar surface area (TPSA) is 63.1 Å². The highest BCUT2D eigenvalue weighted by molar-refractivity contribution is 5.74. The van der Waals surface area contributed by atoms with E-state index in [1.165, 1.54) is 6.33 Å². The Kier molecular flexibility index (Phi) is 5.09. The summed E-state index contributed by atoms with van der Waals surface area (Å²) < 4.78 is 1.70. The van der Waals surface area contributed by atoms with Crippen LogP contribution in [0.5, 0.6) is 0 Å². The summed E-state index contributed by atoms with van der Waals surface area (Å²) in [5.74, 6) is 0.